The summed E-state index contributed by atoms with van der Waals surface area (Å²) >= 11 is 0. The van der Waals surface area contributed by atoms with Crippen molar-refractivity contribution in [3.05, 3.63) is 59.7 Å². The number of carbonyl (C=O) groups is 1. The Morgan fingerprint density at radius 2 is 1.96 bits per heavy atom. The Bertz CT molecular complexity index is 793. The number of hydrogen-bond acceptors (Lipinski definition) is 4. The Morgan fingerprint density at radius 1 is 1.19 bits per heavy atom. The van der Waals surface area contributed by atoms with E-state index in [1.165, 1.54) is 25.3 Å². The van der Waals surface area contributed by atoms with E-state index in [4.69, 9.17) is 9.47 Å². The van der Waals surface area contributed by atoms with E-state index >= 15 is 0 Å². The lowest BCUT2D eigenvalue weighted by Gasteiger charge is -2.12. The third-order valence-corrected chi connectivity index (χ3v) is 3.59. The van der Waals surface area contributed by atoms with Crippen LogP contribution in [0, 0.1) is 0 Å². The summed E-state index contributed by atoms with van der Waals surface area (Å²) in [6, 6.07) is 11.9. The first-order valence-electron chi connectivity index (χ1n) is 8.31. The second-order valence-corrected chi connectivity index (χ2v) is 5.37. The number of methoxy groups -OCH3 is 1. The van der Waals surface area contributed by atoms with Crippen LogP contribution in [0.4, 0.5) is 14.5 Å². The van der Waals surface area contributed by atoms with Crippen molar-refractivity contribution < 1.29 is 27.8 Å². The number of benzene rings is 2. The lowest BCUT2D eigenvalue weighted by atomic mass is 10.1. The first-order chi connectivity index (χ1) is 13.0. The van der Waals surface area contributed by atoms with E-state index in [0.717, 1.165) is 5.56 Å². The van der Waals surface area contributed by atoms with Crippen LogP contribution in [-0.2, 0) is 16.1 Å². The van der Waals surface area contributed by atoms with Gasteiger partial charge in [-0.25, -0.2) is 0 Å². The number of halogens is 2. The highest BCUT2D eigenvalue weighted by atomic mass is 19.3. The fourth-order valence-electron chi connectivity index (χ4n) is 2.36. The first kappa shape index (κ1) is 20.4. The predicted molar refractivity (Wildman–Crippen MR) is 99.1 cm³/mol. The van der Waals surface area contributed by atoms with Crippen molar-refractivity contribution in [1.29, 1.82) is 0 Å². The largest absolute Gasteiger partial charge is 0.493 e. The summed E-state index contributed by atoms with van der Waals surface area (Å²) in [7, 11) is 1.35. The molecule has 0 radical (unpaired) electrons. The summed E-state index contributed by atoms with van der Waals surface area (Å²) in [5, 5.41) is 2.75. The molecule has 1 N–H and O–H groups in total. The smallest absolute Gasteiger partial charge is 0.387 e. The minimum absolute atomic E-state index is 0.129. The van der Waals surface area contributed by atoms with Gasteiger partial charge >= 0.3 is 6.61 Å². The van der Waals surface area contributed by atoms with Gasteiger partial charge in [-0.1, -0.05) is 30.3 Å². The predicted octanol–water partition coefficient (Wildman–Crippen LogP) is 4.49. The van der Waals surface area contributed by atoms with Gasteiger partial charge in [0.2, 0.25) is 5.91 Å². The Morgan fingerprint density at radius 3 is 2.67 bits per heavy atom. The molecule has 0 aliphatic rings. The molecule has 0 atom stereocenters. The van der Waals surface area contributed by atoms with E-state index < -0.39 is 12.5 Å². The number of ether oxygens (including phenoxy) is 3. The second-order valence-electron chi connectivity index (χ2n) is 5.37. The van der Waals surface area contributed by atoms with Gasteiger partial charge in [-0.15, -0.1) is 0 Å². The van der Waals surface area contributed by atoms with Crippen molar-refractivity contribution in [2.24, 2.45) is 0 Å². The van der Waals surface area contributed by atoms with Crippen molar-refractivity contribution in [3.63, 3.8) is 0 Å². The van der Waals surface area contributed by atoms with Gasteiger partial charge in [0.25, 0.3) is 0 Å². The lowest BCUT2D eigenvalue weighted by Crippen LogP contribution is -2.10. The monoisotopic (exact) mass is 377 g/mol. The number of carbonyl (C=O) groups excluding carboxylic acids is 1. The van der Waals surface area contributed by atoms with Gasteiger partial charge in [0.05, 0.1) is 13.7 Å². The van der Waals surface area contributed by atoms with Gasteiger partial charge in [-0.3, -0.25) is 4.79 Å². The number of hydrogen-bond donors (Lipinski definition) is 1. The highest BCUT2D eigenvalue weighted by Gasteiger charge is 2.14. The van der Waals surface area contributed by atoms with Crippen LogP contribution in [0.5, 0.6) is 11.5 Å². The topological polar surface area (TPSA) is 56.8 Å². The number of anilines is 1. The van der Waals surface area contributed by atoms with Crippen molar-refractivity contribution >= 4 is 17.7 Å². The molecule has 0 aliphatic heterocycles. The SMILES string of the molecule is CCOCc1ccccc1NC(=O)C=Cc1cccc(OC)c1OC(F)F. The Hall–Kier alpha value is -2.93. The molecule has 27 heavy (non-hydrogen) atoms. The average molecular weight is 377 g/mol. The van der Waals surface area contributed by atoms with Gasteiger partial charge in [0.15, 0.2) is 11.5 Å². The lowest BCUT2D eigenvalue weighted by molar-refractivity contribution is -0.111. The third kappa shape index (κ3) is 6.07. The van der Waals surface area contributed by atoms with E-state index in [0.29, 0.717) is 24.5 Å². The molecule has 2 rings (SSSR count). The van der Waals surface area contributed by atoms with Crippen LogP contribution < -0.4 is 14.8 Å². The fourth-order valence-corrected chi connectivity index (χ4v) is 2.36. The minimum Gasteiger partial charge on any atom is -0.493 e. The molecule has 7 heteroatoms. The molecule has 0 bridgehead atoms. The number of rotatable bonds is 9. The molecule has 2 aromatic rings. The zero-order chi connectivity index (χ0) is 19.6. The molecule has 144 valence electrons. The zero-order valence-electron chi connectivity index (χ0n) is 15.1. The molecule has 5 nitrogen and oxygen atoms in total. The maximum Gasteiger partial charge on any atom is 0.387 e. The summed E-state index contributed by atoms with van der Waals surface area (Å²) in [6.07, 6.45) is 2.63. The molecule has 0 aliphatic carbocycles. The van der Waals surface area contributed by atoms with Crippen molar-refractivity contribution in [3.8, 4) is 11.5 Å². The van der Waals surface area contributed by atoms with Crippen molar-refractivity contribution in [1.82, 2.24) is 0 Å². The van der Waals surface area contributed by atoms with Gasteiger partial charge < -0.3 is 19.5 Å². The first-order valence-corrected chi connectivity index (χ1v) is 8.31. The van der Waals surface area contributed by atoms with E-state index in [9.17, 15) is 13.6 Å². The Kier molecular flexibility index (Phi) is 7.76. The van der Waals surface area contributed by atoms with Crippen LogP contribution in [0.1, 0.15) is 18.1 Å². The number of para-hydroxylation sites is 2. The van der Waals surface area contributed by atoms with Crippen LogP contribution in [0.3, 0.4) is 0 Å². The summed E-state index contributed by atoms with van der Waals surface area (Å²) in [5.74, 6) is -0.388. The summed E-state index contributed by atoms with van der Waals surface area (Å²) < 4.78 is 40.3. The summed E-state index contributed by atoms with van der Waals surface area (Å²) in [6.45, 7) is -0.186. The molecule has 0 spiro atoms. The third-order valence-electron chi connectivity index (χ3n) is 3.59. The zero-order valence-corrected chi connectivity index (χ0v) is 15.1. The normalized spacial score (nSPS) is 11.0. The molecule has 0 saturated heterocycles. The maximum absolute atomic E-state index is 12.7. The molecule has 2 aromatic carbocycles. The number of nitrogens with one attached hydrogen (secondary N) is 1. The van der Waals surface area contributed by atoms with Gasteiger partial charge in [0, 0.05) is 29.5 Å². The van der Waals surface area contributed by atoms with Crippen molar-refractivity contribution in [2.45, 2.75) is 20.1 Å². The molecule has 0 unspecified atom stereocenters. The van der Waals surface area contributed by atoms with Crippen LogP contribution in [0.15, 0.2) is 48.5 Å². The Labute approximate surface area is 156 Å². The van der Waals surface area contributed by atoms with Crippen LogP contribution in [-0.4, -0.2) is 26.2 Å². The molecule has 0 fully saturated rings. The standard InChI is InChI=1S/C20H21F2NO4/c1-3-26-13-15-7-4-5-9-16(15)23-18(24)12-11-14-8-6-10-17(25-2)19(14)27-20(21)22/h4-12,20H,3,13H2,1-2H3,(H,23,24). The second kappa shape index (κ2) is 10.3. The molecule has 0 heterocycles. The van der Waals surface area contributed by atoms with E-state index in [2.05, 4.69) is 10.1 Å². The summed E-state index contributed by atoms with van der Waals surface area (Å²) in [4.78, 5) is 12.2. The highest BCUT2D eigenvalue weighted by molar-refractivity contribution is 6.02. The number of alkyl halides is 2. The molecular weight excluding hydrogens is 356 g/mol. The number of amides is 1. The van der Waals surface area contributed by atoms with E-state index in [1.54, 1.807) is 24.3 Å². The van der Waals surface area contributed by atoms with Crippen LogP contribution in [0.25, 0.3) is 6.08 Å². The van der Waals surface area contributed by atoms with Crippen LogP contribution in [0.2, 0.25) is 0 Å². The molecule has 1 amide bonds. The molecular formula is C20H21F2NO4. The summed E-state index contributed by atoms with van der Waals surface area (Å²) in [5.41, 5.74) is 1.76. The average Bonchev–Trinajstić information content (AvgIpc) is 2.66. The quantitative estimate of drug-likeness (QED) is 0.655. The highest BCUT2D eigenvalue weighted by Crippen LogP contribution is 2.33. The fraction of sp³-hybridized carbons (Fsp3) is 0.250. The van der Waals surface area contributed by atoms with Gasteiger partial charge in [-0.2, -0.15) is 8.78 Å². The minimum atomic E-state index is -3.01. The van der Waals surface area contributed by atoms with E-state index in [-0.39, 0.29) is 11.5 Å². The Balaban J connectivity index is 2.16. The molecule has 0 saturated carbocycles. The molecule has 0 aromatic heterocycles. The van der Waals surface area contributed by atoms with Crippen LogP contribution >= 0.6 is 0 Å². The maximum atomic E-state index is 12.7. The van der Waals surface area contributed by atoms with Gasteiger partial charge in [0.1, 0.15) is 0 Å². The van der Waals surface area contributed by atoms with E-state index in [1.807, 2.05) is 19.1 Å². The van der Waals surface area contributed by atoms with Crippen molar-refractivity contribution in [2.75, 3.05) is 19.0 Å². The van der Waals surface area contributed by atoms with Gasteiger partial charge in [-0.05, 0) is 25.1 Å².